The number of thiophene rings is 1. The first-order chi connectivity index (χ1) is 18.3. The number of carbonyl (C=O) groups is 3. The smallest absolute Gasteiger partial charge is 0.254 e. The van der Waals surface area contributed by atoms with Crippen LogP contribution in [0, 0.1) is 10.5 Å². The first-order valence-electron chi connectivity index (χ1n) is 11.6. The quantitative estimate of drug-likeness (QED) is 0.320. The third-order valence-electron chi connectivity index (χ3n) is 6.43. The maximum absolute atomic E-state index is 13.9. The van der Waals surface area contributed by atoms with Gasteiger partial charge >= 0.3 is 0 Å². The van der Waals surface area contributed by atoms with Gasteiger partial charge in [-0.05, 0) is 61.4 Å². The molecular formula is C27H23FN4O5S. The molecule has 1 aliphatic carbocycles. The van der Waals surface area contributed by atoms with Gasteiger partial charge in [-0.2, -0.15) is 4.39 Å². The van der Waals surface area contributed by atoms with Crippen molar-refractivity contribution < 1.29 is 28.2 Å². The van der Waals surface area contributed by atoms with Crippen molar-refractivity contribution in [2.24, 2.45) is 11.1 Å². The van der Waals surface area contributed by atoms with Gasteiger partial charge in [-0.25, -0.2) is 0 Å². The van der Waals surface area contributed by atoms with Crippen LogP contribution in [-0.2, 0) is 9.59 Å². The molecule has 3 N–H and O–H groups in total. The average Bonchev–Trinajstić information content (AvgIpc) is 3.64. The van der Waals surface area contributed by atoms with Crippen LogP contribution in [0.2, 0.25) is 0 Å². The molecule has 0 spiro atoms. The topological polar surface area (TPSA) is 124 Å². The number of ether oxygens (including phenoxy) is 2. The highest BCUT2D eigenvalue weighted by molar-refractivity contribution is 7.14. The van der Waals surface area contributed by atoms with Gasteiger partial charge in [0.25, 0.3) is 5.91 Å². The molecule has 0 aliphatic heterocycles. The number of amides is 3. The minimum absolute atomic E-state index is 0.318. The summed E-state index contributed by atoms with van der Waals surface area (Å²) in [6.45, 7) is 0. The van der Waals surface area contributed by atoms with E-state index in [1.165, 1.54) is 31.2 Å². The van der Waals surface area contributed by atoms with E-state index < -0.39 is 22.4 Å². The Morgan fingerprint density at radius 1 is 1.08 bits per heavy atom. The number of nitrogens with one attached hydrogen (secondary N) is 1. The molecule has 2 aromatic carbocycles. The molecule has 1 saturated carbocycles. The van der Waals surface area contributed by atoms with Gasteiger partial charge in [0, 0.05) is 30.4 Å². The van der Waals surface area contributed by atoms with E-state index >= 15 is 0 Å². The molecule has 0 saturated heterocycles. The van der Waals surface area contributed by atoms with Crippen LogP contribution in [0.5, 0.6) is 17.2 Å². The molecule has 1 aliphatic rings. The summed E-state index contributed by atoms with van der Waals surface area (Å²) >= 11 is 0.796. The van der Waals surface area contributed by atoms with Crippen molar-refractivity contribution in [3.05, 3.63) is 71.5 Å². The van der Waals surface area contributed by atoms with Crippen molar-refractivity contribution in [2.75, 3.05) is 19.1 Å². The number of benzene rings is 2. The summed E-state index contributed by atoms with van der Waals surface area (Å²) in [5, 5.41) is 3.06. The van der Waals surface area contributed by atoms with Gasteiger partial charge in [-0.15, -0.1) is 0 Å². The van der Waals surface area contributed by atoms with Crippen LogP contribution in [0.3, 0.4) is 0 Å². The fraction of sp³-hybridized carbons (Fsp3) is 0.185. The largest absolute Gasteiger partial charge is 0.496 e. The monoisotopic (exact) mass is 534 g/mol. The second-order valence-corrected chi connectivity index (χ2v) is 9.73. The van der Waals surface area contributed by atoms with Crippen LogP contribution in [0.1, 0.15) is 23.2 Å². The summed E-state index contributed by atoms with van der Waals surface area (Å²) in [5.41, 5.74) is 5.58. The van der Waals surface area contributed by atoms with E-state index in [0.29, 0.717) is 57.2 Å². The summed E-state index contributed by atoms with van der Waals surface area (Å²) in [5.74, 6) is -0.223. The molecule has 0 radical (unpaired) electrons. The number of methoxy groups -OCH3 is 1. The Bertz CT molecular complexity index is 1570. The molecule has 11 heteroatoms. The molecule has 0 atom stereocenters. The first-order valence-corrected chi connectivity index (χ1v) is 12.5. The average molecular weight is 535 g/mol. The standard InChI is InChI=1S/C27H23FN4O5S/c1-30-24(33)18-13-17-19(14-21(18)36-2)31-12-9-20(17)37-16-5-3-15(4-6-16)32(23-8-7-22(28)38-23)26(35)27(10-11-27)25(29)34/h3-9,12-14H,10-11H2,1-2H3,(H2,29,34)(H,30,33). The number of halogens is 1. The van der Waals surface area contributed by atoms with Gasteiger partial charge in [0.05, 0.1) is 18.2 Å². The van der Waals surface area contributed by atoms with Crippen molar-refractivity contribution in [2.45, 2.75) is 12.8 Å². The molecule has 0 bridgehead atoms. The van der Waals surface area contributed by atoms with E-state index in [4.69, 9.17) is 15.2 Å². The number of hydrogen-bond donors (Lipinski definition) is 2. The second kappa shape index (κ2) is 9.75. The summed E-state index contributed by atoms with van der Waals surface area (Å²) in [7, 11) is 3.00. The van der Waals surface area contributed by atoms with Crippen molar-refractivity contribution >= 4 is 50.6 Å². The molecule has 3 amide bonds. The SMILES string of the molecule is CNC(=O)c1cc2c(Oc3ccc(N(C(=O)C4(C(N)=O)CC4)c4ccc(F)s4)cc3)ccnc2cc1OC. The van der Waals surface area contributed by atoms with Gasteiger partial charge in [0.2, 0.25) is 11.8 Å². The van der Waals surface area contributed by atoms with E-state index in [0.717, 1.165) is 11.3 Å². The summed E-state index contributed by atoms with van der Waals surface area (Å²) < 4.78 is 25.3. The minimum atomic E-state index is -1.28. The number of fused-ring (bicyclic) bond motifs is 1. The first kappa shape index (κ1) is 25.2. The van der Waals surface area contributed by atoms with Gasteiger partial charge in [0.1, 0.15) is 27.7 Å². The van der Waals surface area contributed by atoms with E-state index in [1.54, 1.807) is 48.7 Å². The number of primary amides is 1. The molecule has 5 rings (SSSR count). The fourth-order valence-electron chi connectivity index (χ4n) is 4.18. The van der Waals surface area contributed by atoms with E-state index in [2.05, 4.69) is 10.3 Å². The lowest BCUT2D eigenvalue weighted by Crippen LogP contribution is -2.41. The maximum Gasteiger partial charge on any atom is 0.254 e. The molecule has 1 fully saturated rings. The summed E-state index contributed by atoms with van der Waals surface area (Å²) in [6.07, 6.45) is 2.28. The molecule has 0 unspecified atom stereocenters. The number of hydrogen-bond acceptors (Lipinski definition) is 7. The predicted octanol–water partition coefficient (Wildman–Crippen LogP) is 4.53. The van der Waals surface area contributed by atoms with E-state index in [1.807, 2.05) is 0 Å². The van der Waals surface area contributed by atoms with Crippen LogP contribution >= 0.6 is 11.3 Å². The number of pyridine rings is 1. The lowest BCUT2D eigenvalue weighted by molar-refractivity contribution is -0.133. The van der Waals surface area contributed by atoms with Gasteiger partial charge in [0.15, 0.2) is 5.13 Å². The van der Waals surface area contributed by atoms with E-state index in [9.17, 15) is 18.8 Å². The Hall–Kier alpha value is -4.51. The van der Waals surface area contributed by atoms with Crippen molar-refractivity contribution in [3.8, 4) is 17.2 Å². The van der Waals surface area contributed by atoms with Crippen LogP contribution in [0.4, 0.5) is 15.1 Å². The maximum atomic E-state index is 13.9. The summed E-state index contributed by atoms with van der Waals surface area (Å²) in [4.78, 5) is 43.5. The molecule has 38 heavy (non-hydrogen) atoms. The third kappa shape index (κ3) is 4.41. The van der Waals surface area contributed by atoms with Crippen LogP contribution < -0.4 is 25.4 Å². The highest BCUT2D eigenvalue weighted by atomic mass is 32.1. The fourth-order valence-corrected chi connectivity index (χ4v) is 4.93. The molecule has 4 aromatic rings. The van der Waals surface area contributed by atoms with Crippen molar-refractivity contribution in [1.29, 1.82) is 0 Å². The van der Waals surface area contributed by atoms with Crippen LogP contribution in [-0.4, -0.2) is 36.9 Å². The Kier molecular flexibility index (Phi) is 6.45. The number of carbonyl (C=O) groups excluding carboxylic acids is 3. The highest BCUT2D eigenvalue weighted by Crippen LogP contribution is 2.49. The Balaban J connectivity index is 1.48. The number of nitrogens with two attached hydrogens (primary N) is 1. The zero-order valence-electron chi connectivity index (χ0n) is 20.5. The van der Waals surface area contributed by atoms with Gasteiger partial charge in [-0.3, -0.25) is 24.3 Å². The number of rotatable bonds is 8. The molecule has 2 aromatic heterocycles. The molecular weight excluding hydrogens is 511 g/mol. The van der Waals surface area contributed by atoms with Crippen molar-refractivity contribution in [1.82, 2.24) is 10.3 Å². The third-order valence-corrected chi connectivity index (χ3v) is 7.29. The number of anilines is 2. The van der Waals surface area contributed by atoms with Crippen LogP contribution in [0.15, 0.2) is 60.8 Å². The Labute approximate surface area is 221 Å². The highest BCUT2D eigenvalue weighted by Gasteiger charge is 2.57. The number of nitrogens with zero attached hydrogens (tertiary/aromatic N) is 2. The number of aromatic nitrogens is 1. The molecule has 2 heterocycles. The molecule has 194 valence electrons. The van der Waals surface area contributed by atoms with Gasteiger partial charge < -0.3 is 20.5 Å². The predicted molar refractivity (Wildman–Crippen MR) is 140 cm³/mol. The van der Waals surface area contributed by atoms with Crippen LogP contribution in [0.25, 0.3) is 10.9 Å². The normalized spacial score (nSPS) is 13.6. The van der Waals surface area contributed by atoms with Gasteiger partial charge in [-0.1, -0.05) is 11.3 Å². The summed E-state index contributed by atoms with van der Waals surface area (Å²) in [6, 6.07) is 14.3. The van der Waals surface area contributed by atoms with Crippen molar-refractivity contribution in [3.63, 3.8) is 0 Å². The zero-order valence-corrected chi connectivity index (χ0v) is 21.3. The molecule has 9 nitrogen and oxygen atoms in total. The Morgan fingerprint density at radius 2 is 1.82 bits per heavy atom. The zero-order chi connectivity index (χ0) is 27.0. The Morgan fingerprint density at radius 3 is 2.39 bits per heavy atom. The van der Waals surface area contributed by atoms with E-state index in [-0.39, 0.29) is 5.91 Å². The second-order valence-electron chi connectivity index (χ2n) is 8.72. The lowest BCUT2D eigenvalue weighted by Gasteiger charge is -2.25. The lowest BCUT2D eigenvalue weighted by atomic mass is 10.0. The minimum Gasteiger partial charge on any atom is -0.496 e.